The largest absolute Gasteiger partial charge is 0.314 e. The van der Waals surface area contributed by atoms with Gasteiger partial charge in [-0.15, -0.1) is 0 Å². The number of hydrogen-bond acceptors (Lipinski definition) is 5. The molecule has 0 aliphatic heterocycles. The highest BCUT2D eigenvalue weighted by Crippen LogP contribution is 1.96. The van der Waals surface area contributed by atoms with E-state index in [-0.39, 0.29) is 11.1 Å². The topological polar surface area (TPSA) is 60.1 Å². The van der Waals surface area contributed by atoms with E-state index in [2.05, 4.69) is 68.1 Å². The smallest absolute Gasteiger partial charge is 0.00970 e. The monoisotopic (exact) mass is 301 g/mol. The van der Waals surface area contributed by atoms with Crippen LogP contribution in [-0.2, 0) is 0 Å². The van der Waals surface area contributed by atoms with Crippen LogP contribution < -0.4 is 26.6 Å². The highest BCUT2D eigenvalue weighted by Gasteiger charge is 2.07. The molecule has 0 bridgehead atoms. The van der Waals surface area contributed by atoms with Crippen LogP contribution in [-0.4, -0.2) is 63.4 Å². The van der Waals surface area contributed by atoms with Gasteiger partial charge in [-0.3, -0.25) is 0 Å². The molecule has 0 heterocycles. The summed E-state index contributed by atoms with van der Waals surface area (Å²) in [6, 6.07) is 0. The second-order valence-corrected chi connectivity index (χ2v) is 7.60. The van der Waals surface area contributed by atoms with E-state index in [0.29, 0.717) is 0 Å². The number of rotatable bonds is 12. The summed E-state index contributed by atoms with van der Waals surface area (Å²) in [7, 11) is 0. The molecule has 5 N–H and O–H groups in total. The summed E-state index contributed by atoms with van der Waals surface area (Å²) in [6.07, 6.45) is 0. The van der Waals surface area contributed by atoms with Gasteiger partial charge in [0.05, 0.1) is 0 Å². The summed E-state index contributed by atoms with van der Waals surface area (Å²) in [6.45, 7) is 21.3. The van der Waals surface area contributed by atoms with E-state index in [1.165, 1.54) is 0 Å². The minimum absolute atomic E-state index is 0.216. The third-order valence-corrected chi connectivity index (χ3v) is 2.87. The third-order valence-electron chi connectivity index (χ3n) is 2.87. The fourth-order valence-corrected chi connectivity index (χ4v) is 1.78. The van der Waals surface area contributed by atoms with Crippen LogP contribution in [0.1, 0.15) is 41.5 Å². The van der Waals surface area contributed by atoms with Crippen LogP contribution in [0.4, 0.5) is 0 Å². The molecule has 0 aromatic carbocycles. The fraction of sp³-hybridized carbons (Fsp3) is 1.00. The normalized spacial score (nSPS) is 12.9. The SMILES string of the molecule is CC(C)(C)NCCNCCNCCNCCNC(C)(C)C. The maximum Gasteiger partial charge on any atom is 0.00970 e. The Labute approximate surface area is 132 Å². The Morgan fingerprint density at radius 3 is 0.905 bits per heavy atom. The molecule has 0 saturated carbocycles. The van der Waals surface area contributed by atoms with Gasteiger partial charge in [-0.25, -0.2) is 0 Å². The first-order valence-electron chi connectivity index (χ1n) is 8.33. The molecule has 0 saturated heterocycles. The summed E-state index contributed by atoms with van der Waals surface area (Å²) in [5.74, 6) is 0. The Hall–Kier alpha value is -0.200. The van der Waals surface area contributed by atoms with Crippen LogP contribution in [0.2, 0.25) is 0 Å². The maximum atomic E-state index is 3.46. The molecule has 128 valence electrons. The van der Waals surface area contributed by atoms with Crippen LogP contribution in [0.15, 0.2) is 0 Å². The predicted octanol–water partition coefficient (Wildman–Crippen LogP) is 0.531. The van der Waals surface area contributed by atoms with Crippen molar-refractivity contribution in [2.75, 3.05) is 52.4 Å². The summed E-state index contributed by atoms with van der Waals surface area (Å²) in [5.41, 5.74) is 0.431. The Kier molecular flexibility index (Phi) is 11.3. The van der Waals surface area contributed by atoms with E-state index in [9.17, 15) is 0 Å². The molecule has 0 unspecified atom stereocenters. The zero-order valence-corrected chi connectivity index (χ0v) is 15.2. The fourth-order valence-electron chi connectivity index (χ4n) is 1.78. The van der Waals surface area contributed by atoms with Gasteiger partial charge in [0.15, 0.2) is 0 Å². The Morgan fingerprint density at radius 1 is 0.429 bits per heavy atom. The lowest BCUT2D eigenvalue weighted by atomic mass is 10.1. The minimum Gasteiger partial charge on any atom is -0.314 e. The van der Waals surface area contributed by atoms with E-state index >= 15 is 0 Å². The first-order valence-corrected chi connectivity index (χ1v) is 8.33. The number of nitrogens with one attached hydrogen (secondary N) is 5. The average Bonchev–Trinajstić information content (AvgIpc) is 2.32. The summed E-state index contributed by atoms with van der Waals surface area (Å²) < 4.78 is 0. The van der Waals surface area contributed by atoms with Crippen molar-refractivity contribution in [3.05, 3.63) is 0 Å². The molecule has 5 heteroatoms. The molecule has 0 spiro atoms. The van der Waals surface area contributed by atoms with Crippen molar-refractivity contribution in [2.45, 2.75) is 52.6 Å². The van der Waals surface area contributed by atoms with Crippen molar-refractivity contribution < 1.29 is 0 Å². The first kappa shape index (κ1) is 20.8. The lowest BCUT2D eigenvalue weighted by Gasteiger charge is -2.20. The van der Waals surface area contributed by atoms with Crippen LogP contribution >= 0.6 is 0 Å². The standard InChI is InChI=1S/C16H39N5/c1-15(2,3)20-13-11-18-9-7-17-8-10-19-12-14-21-16(4,5)6/h17-21H,7-14H2,1-6H3. The van der Waals surface area contributed by atoms with Gasteiger partial charge in [-0.2, -0.15) is 0 Å². The molecule has 0 fully saturated rings. The lowest BCUT2D eigenvalue weighted by molar-refractivity contribution is 0.419. The van der Waals surface area contributed by atoms with Crippen molar-refractivity contribution in [1.29, 1.82) is 0 Å². The summed E-state index contributed by atoms with van der Waals surface area (Å²) in [4.78, 5) is 0. The quantitative estimate of drug-likeness (QED) is 0.341. The van der Waals surface area contributed by atoms with Gasteiger partial charge in [0.2, 0.25) is 0 Å². The molecule has 0 aromatic rings. The molecule has 0 radical (unpaired) electrons. The van der Waals surface area contributed by atoms with E-state index in [1.807, 2.05) is 0 Å². The molecular formula is C16H39N5. The van der Waals surface area contributed by atoms with Gasteiger partial charge >= 0.3 is 0 Å². The van der Waals surface area contributed by atoms with Gasteiger partial charge in [0, 0.05) is 63.4 Å². The van der Waals surface area contributed by atoms with Crippen LogP contribution in [0, 0.1) is 0 Å². The van der Waals surface area contributed by atoms with E-state index in [0.717, 1.165) is 52.4 Å². The highest BCUT2D eigenvalue weighted by molar-refractivity contribution is 4.71. The van der Waals surface area contributed by atoms with Crippen LogP contribution in [0.25, 0.3) is 0 Å². The van der Waals surface area contributed by atoms with Crippen molar-refractivity contribution >= 4 is 0 Å². The van der Waals surface area contributed by atoms with Gasteiger partial charge < -0.3 is 26.6 Å². The van der Waals surface area contributed by atoms with E-state index in [4.69, 9.17) is 0 Å². The second kappa shape index (κ2) is 11.4. The Bertz CT molecular complexity index is 206. The molecule has 5 nitrogen and oxygen atoms in total. The van der Waals surface area contributed by atoms with E-state index in [1.54, 1.807) is 0 Å². The lowest BCUT2D eigenvalue weighted by Crippen LogP contribution is -2.42. The van der Waals surface area contributed by atoms with Crippen LogP contribution in [0.3, 0.4) is 0 Å². The Balaban J connectivity index is 3.10. The molecule has 0 aromatic heterocycles. The van der Waals surface area contributed by atoms with Gasteiger partial charge in [-0.05, 0) is 41.5 Å². The van der Waals surface area contributed by atoms with Gasteiger partial charge in [0.1, 0.15) is 0 Å². The third kappa shape index (κ3) is 19.8. The molecule has 0 atom stereocenters. The molecule has 21 heavy (non-hydrogen) atoms. The predicted molar refractivity (Wildman–Crippen MR) is 94.1 cm³/mol. The molecule has 0 rings (SSSR count). The first-order chi connectivity index (χ1) is 9.71. The van der Waals surface area contributed by atoms with Gasteiger partial charge in [0.25, 0.3) is 0 Å². The molecule has 0 amide bonds. The number of hydrogen-bond donors (Lipinski definition) is 5. The van der Waals surface area contributed by atoms with E-state index < -0.39 is 0 Å². The highest BCUT2D eigenvalue weighted by atomic mass is 15.0. The molecule has 0 aliphatic rings. The molecule has 0 aliphatic carbocycles. The zero-order valence-electron chi connectivity index (χ0n) is 15.2. The maximum absolute atomic E-state index is 3.46. The van der Waals surface area contributed by atoms with Crippen LogP contribution in [0.5, 0.6) is 0 Å². The zero-order chi connectivity index (χ0) is 16.2. The molecular weight excluding hydrogens is 262 g/mol. The Morgan fingerprint density at radius 2 is 0.667 bits per heavy atom. The second-order valence-electron chi connectivity index (χ2n) is 7.60. The average molecular weight is 302 g/mol. The summed E-state index contributed by atoms with van der Waals surface area (Å²) in [5, 5.41) is 17.2. The minimum atomic E-state index is 0.216. The van der Waals surface area contributed by atoms with Crippen molar-refractivity contribution in [3.63, 3.8) is 0 Å². The van der Waals surface area contributed by atoms with Crippen molar-refractivity contribution in [1.82, 2.24) is 26.6 Å². The van der Waals surface area contributed by atoms with Crippen molar-refractivity contribution in [3.8, 4) is 0 Å². The van der Waals surface area contributed by atoms with Gasteiger partial charge in [-0.1, -0.05) is 0 Å². The van der Waals surface area contributed by atoms with Crippen molar-refractivity contribution in [2.24, 2.45) is 0 Å². The summed E-state index contributed by atoms with van der Waals surface area (Å²) >= 11 is 0.